The lowest BCUT2D eigenvalue weighted by Gasteiger charge is -2.42. The Morgan fingerprint density at radius 1 is 0.837 bits per heavy atom. The summed E-state index contributed by atoms with van der Waals surface area (Å²) in [6.45, 7) is 10.5. The predicted molar refractivity (Wildman–Crippen MR) is 343 cm³/mol. The summed E-state index contributed by atoms with van der Waals surface area (Å²) in [6.07, 6.45) is 2.71. The summed E-state index contributed by atoms with van der Waals surface area (Å²) in [7, 11) is 5.97. The number of fused-ring (bicyclic) bond motifs is 7. The molecule has 2 saturated heterocycles. The monoisotopic (exact) mass is 1300 g/mol. The second-order valence-electron chi connectivity index (χ2n) is 23.5. The number of methoxy groups -OCH3 is 2. The van der Waals surface area contributed by atoms with E-state index in [0.717, 1.165) is 33.5 Å². The zero-order chi connectivity index (χ0) is 66.4. The smallest absolute Gasteiger partial charge is 0.409 e. The zero-order valence-electron chi connectivity index (χ0n) is 54.0. The highest BCUT2D eigenvalue weighted by atomic mass is 35.5. The fraction of sp³-hybridized carbons (Fsp3) is 0.544. The number of amides is 6. The Hall–Kier alpha value is -7.40. The van der Waals surface area contributed by atoms with Gasteiger partial charge in [0, 0.05) is 83.4 Å². The van der Waals surface area contributed by atoms with Crippen molar-refractivity contribution in [3.63, 3.8) is 0 Å². The van der Waals surface area contributed by atoms with Gasteiger partial charge in [-0.2, -0.15) is 0 Å². The quantitative estimate of drug-likeness (QED) is 0.0250. The van der Waals surface area contributed by atoms with Gasteiger partial charge >= 0.3 is 12.1 Å². The molecule has 3 unspecified atom stereocenters. The van der Waals surface area contributed by atoms with Crippen LogP contribution >= 0.6 is 11.6 Å². The van der Waals surface area contributed by atoms with E-state index in [1.165, 1.54) is 38.0 Å². The Morgan fingerprint density at radius 3 is 2.21 bits per heavy atom. The molecule has 0 spiro atoms. The maximum absolute atomic E-state index is 14.4. The van der Waals surface area contributed by atoms with Crippen molar-refractivity contribution in [3.05, 3.63) is 112 Å². The molecule has 500 valence electrons. The number of benzene rings is 3. The Balaban J connectivity index is 0.739. The molecule has 8 atom stereocenters. The van der Waals surface area contributed by atoms with E-state index in [1.54, 1.807) is 50.1 Å². The number of hydrogen-bond donors (Lipinski definition) is 4. The highest BCUT2D eigenvalue weighted by molar-refractivity contribution is 6.35. The van der Waals surface area contributed by atoms with Crippen LogP contribution in [0.4, 0.5) is 16.2 Å². The number of para-hydroxylation sites is 1. The number of allylic oxidation sites excluding steroid dienone is 3. The van der Waals surface area contributed by atoms with E-state index in [-0.39, 0.29) is 73.8 Å². The minimum atomic E-state index is -1.87. The average Bonchev–Trinajstić information content (AvgIpc) is 1.58. The van der Waals surface area contributed by atoms with E-state index in [4.69, 9.17) is 54.2 Å². The molecule has 4 aliphatic rings. The number of likely N-dealkylation sites (N-methyl/N-ethyl adjacent to an activating group) is 1. The van der Waals surface area contributed by atoms with Crippen LogP contribution in [0, 0.1) is 17.8 Å². The Bertz CT molecular complexity index is 3190. The van der Waals surface area contributed by atoms with Crippen molar-refractivity contribution in [1.29, 1.82) is 0 Å². The third kappa shape index (κ3) is 20.3. The summed E-state index contributed by atoms with van der Waals surface area (Å²) in [5, 5.41) is 20.3. The molecule has 0 aromatic heterocycles. The molecular weight excluding hydrogens is 1210 g/mol. The van der Waals surface area contributed by atoms with Crippen LogP contribution in [-0.4, -0.2) is 188 Å². The van der Waals surface area contributed by atoms with Crippen molar-refractivity contribution in [2.75, 3.05) is 104 Å². The van der Waals surface area contributed by atoms with Crippen molar-refractivity contribution >= 4 is 64.6 Å². The van der Waals surface area contributed by atoms with Gasteiger partial charge in [-0.15, -0.1) is 0 Å². The first kappa shape index (κ1) is 72.0. The van der Waals surface area contributed by atoms with Gasteiger partial charge in [-0.05, 0) is 81.5 Å². The van der Waals surface area contributed by atoms with Crippen LogP contribution < -0.4 is 30.5 Å². The lowest BCUT2D eigenvalue weighted by Crippen LogP contribution is -2.63. The number of halogens is 1. The molecule has 24 heteroatoms. The van der Waals surface area contributed by atoms with E-state index < -0.39 is 65.7 Å². The van der Waals surface area contributed by atoms with Gasteiger partial charge in [-0.25, -0.2) is 9.59 Å². The van der Waals surface area contributed by atoms with Gasteiger partial charge in [-0.3, -0.25) is 29.3 Å². The zero-order valence-corrected chi connectivity index (χ0v) is 54.8. The van der Waals surface area contributed by atoms with Crippen LogP contribution in [0.1, 0.15) is 108 Å². The molecule has 0 radical (unpaired) electrons. The van der Waals surface area contributed by atoms with Gasteiger partial charge in [0.15, 0.2) is 5.72 Å². The molecule has 3 aromatic carbocycles. The van der Waals surface area contributed by atoms with Gasteiger partial charge in [0.2, 0.25) is 29.5 Å². The highest BCUT2D eigenvalue weighted by Gasteiger charge is 2.64. The van der Waals surface area contributed by atoms with Gasteiger partial charge in [0.25, 0.3) is 0 Å². The largest absolute Gasteiger partial charge is 0.495 e. The molecule has 4 N–H and O–H groups in total. The molecular formula is C68H89ClN6O17. The molecule has 3 aromatic rings. The third-order valence-corrected chi connectivity index (χ3v) is 17.2. The number of epoxide rings is 1. The number of esters is 1. The number of hydrogen-bond acceptors (Lipinski definition) is 17. The molecule has 92 heavy (non-hydrogen) atoms. The molecule has 4 aliphatic heterocycles. The Kier molecular flexibility index (Phi) is 27.4. The van der Waals surface area contributed by atoms with Gasteiger partial charge < -0.3 is 73.1 Å². The molecule has 6 amide bonds. The van der Waals surface area contributed by atoms with Crippen molar-refractivity contribution in [3.8, 4) is 17.6 Å². The first-order valence-electron chi connectivity index (χ1n) is 31.3. The second kappa shape index (κ2) is 35.0. The first-order chi connectivity index (χ1) is 44.2. The maximum Gasteiger partial charge on any atom is 0.409 e. The van der Waals surface area contributed by atoms with E-state index >= 15 is 0 Å². The fourth-order valence-electron chi connectivity index (χ4n) is 11.1. The second-order valence-corrected chi connectivity index (χ2v) is 23.9. The van der Waals surface area contributed by atoms with Crippen LogP contribution in [-0.2, 0) is 79.6 Å². The number of carbonyl (C=O) groups is 7. The molecule has 4 heterocycles. The van der Waals surface area contributed by atoms with Crippen molar-refractivity contribution in [2.24, 2.45) is 5.92 Å². The number of nitrogens with one attached hydrogen (secondary N) is 3. The van der Waals surface area contributed by atoms with E-state index in [9.17, 15) is 38.7 Å². The minimum Gasteiger partial charge on any atom is -0.495 e. The molecule has 0 aliphatic carbocycles. The minimum absolute atomic E-state index is 0.0464. The number of ether oxygens (including phenoxy) is 9. The number of rotatable bonds is 29. The number of carbonyl (C=O) groups excluding carboxylic acids is 7. The third-order valence-electron chi connectivity index (χ3n) is 16.8. The van der Waals surface area contributed by atoms with E-state index in [1.807, 2.05) is 61.5 Å². The van der Waals surface area contributed by atoms with Gasteiger partial charge in [-0.1, -0.05) is 90.9 Å². The van der Waals surface area contributed by atoms with Crippen LogP contribution in [0.25, 0.3) is 0 Å². The SMILES string of the molecule is COc1cc2cc(c1Cl)N(C)C(=O)CC(OC(=O)[C@H](C)N(C)C(=O)CCCCCNC(=O)CCOCCOCCOCCOCCNC(=O)CCC(=O)N1Cc3ccccc3C#Cc3ccccc31)[C@]1(C)OC1[C@H](C)C1C[C@@](O)(NC(=O)O1)[C@H](OC)C=CC=C(C)C2. The van der Waals surface area contributed by atoms with Crippen LogP contribution in [0.2, 0.25) is 5.02 Å². The number of nitrogens with zero attached hydrogens (tertiary/aromatic N) is 3. The molecule has 7 rings (SSSR count). The predicted octanol–water partition coefficient (Wildman–Crippen LogP) is 6.49. The normalized spacial score (nSPS) is 22.2. The Labute approximate surface area is 544 Å². The summed E-state index contributed by atoms with van der Waals surface area (Å²) in [5.74, 6) is 4.05. The molecule has 0 saturated carbocycles. The summed E-state index contributed by atoms with van der Waals surface area (Å²) >= 11 is 6.83. The molecule has 4 bridgehead atoms. The van der Waals surface area contributed by atoms with Gasteiger partial charge in [0.05, 0.1) is 90.4 Å². The van der Waals surface area contributed by atoms with Crippen LogP contribution in [0.15, 0.2) is 84.5 Å². The van der Waals surface area contributed by atoms with E-state index in [2.05, 4.69) is 27.8 Å². The fourth-order valence-corrected chi connectivity index (χ4v) is 11.4. The van der Waals surface area contributed by atoms with Crippen LogP contribution in [0.5, 0.6) is 5.75 Å². The molecule has 2 fully saturated rings. The first-order valence-corrected chi connectivity index (χ1v) is 31.7. The summed E-state index contributed by atoms with van der Waals surface area (Å²) in [5.41, 5.74) is 2.21. The van der Waals surface area contributed by atoms with Crippen molar-refractivity contribution in [2.45, 2.75) is 140 Å². The number of alkyl carbamates (subject to hydrolysis) is 1. The van der Waals surface area contributed by atoms with Crippen molar-refractivity contribution < 1.29 is 81.3 Å². The van der Waals surface area contributed by atoms with Crippen LogP contribution in [0.3, 0.4) is 0 Å². The summed E-state index contributed by atoms with van der Waals surface area (Å²) < 4.78 is 51.7. The lowest BCUT2D eigenvalue weighted by atomic mass is 9.83. The highest BCUT2D eigenvalue weighted by Crippen LogP contribution is 2.49. The summed E-state index contributed by atoms with van der Waals surface area (Å²) in [6, 6.07) is 17.8. The maximum atomic E-state index is 14.4. The number of anilines is 2. The lowest BCUT2D eigenvalue weighted by molar-refractivity contribution is -0.162. The number of aliphatic hydroxyl groups is 1. The summed E-state index contributed by atoms with van der Waals surface area (Å²) in [4.78, 5) is 97.7. The van der Waals surface area contributed by atoms with E-state index in [0.29, 0.717) is 103 Å². The molecule has 23 nitrogen and oxygen atoms in total. The number of unbranched alkanes of at least 4 members (excludes halogenated alkanes) is 2. The van der Waals surface area contributed by atoms with Crippen molar-refractivity contribution in [1.82, 2.24) is 20.9 Å². The average molecular weight is 1300 g/mol. The topological polar surface area (TPSA) is 272 Å². The Morgan fingerprint density at radius 2 is 1.49 bits per heavy atom. The standard InChI is InChI=1S/C68H89ClN6O17/c1-45-17-16-22-56(85-8)68(83)43-55(90-66(82)72-68)46(2)64-67(4,92-64)57(42-62(80)74(6)53-40-48(39-45)41-54(84-7)63(53)69)91-65(81)47(3)73(5)60(78)23-10-9-15-29-70-59(77)28-31-86-33-35-88-37-38-89-36-34-87-32-30-71-58(76)26-27-61(79)75-44-51-20-12-11-18-49(51)24-25-50-19-13-14-21-52(50)75/h11-14,16-22,40-41,46-47,55-57,64,83H,9-10,15,23,26-39,42-44H2,1-8H3,(H,70,77)(H,71,76)(H,72,82)/t46-,47+,55?,56-,57?,64?,67+,68+/m1/s1. The van der Waals surface area contributed by atoms with Gasteiger partial charge in [0.1, 0.15) is 40.7 Å².